The summed E-state index contributed by atoms with van der Waals surface area (Å²) in [6.45, 7) is 17.8. The van der Waals surface area contributed by atoms with Crippen molar-refractivity contribution in [3.8, 4) is 0 Å². The molecule has 1 atom stereocenters. The molecule has 0 aromatic heterocycles. The van der Waals surface area contributed by atoms with E-state index in [0.717, 1.165) is 4.43 Å². The van der Waals surface area contributed by atoms with Gasteiger partial charge in [0.15, 0.2) is 0 Å². The summed E-state index contributed by atoms with van der Waals surface area (Å²) >= 11 is 2.29. The van der Waals surface area contributed by atoms with E-state index in [2.05, 4.69) is 22.6 Å². The third kappa shape index (κ3) is 11.2. The molecule has 0 aromatic carbocycles. The second-order valence-corrected chi connectivity index (χ2v) is 8.65. The summed E-state index contributed by atoms with van der Waals surface area (Å²) in [6, 6.07) is 0. The number of halogens is 1. The minimum atomic E-state index is -0.493. The van der Waals surface area contributed by atoms with Crippen LogP contribution in [0.4, 0.5) is 4.79 Å². The third-order valence-electron chi connectivity index (χ3n) is 2.91. The summed E-state index contributed by atoms with van der Waals surface area (Å²) in [7, 11) is 0. The molecule has 1 amide bonds. The zero-order chi connectivity index (χ0) is 18.3. The van der Waals surface area contributed by atoms with Gasteiger partial charge in [-0.25, -0.2) is 4.79 Å². The van der Waals surface area contributed by atoms with Gasteiger partial charge in [-0.05, 0) is 55.4 Å². The van der Waals surface area contributed by atoms with Crippen LogP contribution in [0.3, 0.4) is 0 Å². The first-order chi connectivity index (χ1) is 10.3. The fourth-order valence-corrected chi connectivity index (χ4v) is 2.26. The van der Waals surface area contributed by atoms with Crippen LogP contribution >= 0.6 is 22.6 Å². The van der Waals surface area contributed by atoms with Crippen molar-refractivity contribution in [3.05, 3.63) is 0 Å². The second-order valence-electron chi connectivity index (χ2n) is 7.89. The zero-order valence-corrected chi connectivity index (χ0v) is 18.2. The number of hydrogen-bond donors (Lipinski definition) is 0. The molecule has 0 aliphatic heterocycles. The number of nitrogens with zero attached hydrogens (tertiary/aromatic N) is 1. The van der Waals surface area contributed by atoms with Gasteiger partial charge < -0.3 is 19.1 Å². The molecule has 138 valence electrons. The highest BCUT2D eigenvalue weighted by atomic mass is 127. The van der Waals surface area contributed by atoms with Gasteiger partial charge in [-0.2, -0.15) is 0 Å². The van der Waals surface area contributed by atoms with Crippen molar-refractivity contribution in [2.45, 2.75) is 72.2 Å². The number of amides is 1. The maximum absolute atomic E-state index is 12.3. The predicted octanol–water partition coefficient (Wildman–Crippen LogP) is 4.27. The molecule has 1 unspecified atom stereocenters. The summed E-state index contributed by atoms with van der Waals surface area (Å²) in [5.41, 5.74) is -1.09. The van der Waals surface area contributed by atoms with E-state index in [4.69, 9.17) is 14.2 Å². The molecule has 0 bridgehead atoms. The molecule has 0 radical (unpaired) electrons. The maximum Gasteiger partial charge on any atom is 0.410 e. The average molecular weight is 443 g/mol. The average Bonchev–Trinajstić information content (AvgIpc) is 2.38. The molecule has 0 heterocycles. The van der Waals surface area contributed by atoms with E-state index in [1.54, 1.807) is 4.90 Å². The van der Waals surface area contributed by atoms with Gasteiger partial charge in [0.1, 0.15) is 5.60 Å². The number of alkyl halides is 1. The number of rotatable bonds is 8. The molecular formula is C17H34INO4. The summed E-state index contributed by atoms with van der Waals surface area (Å²) in [4.78, 5) is 14.0. The Balaban J connectivity index is 4.58. The van der Waals surface area contributed by atoms with Gasteiger partial charge in [0.25, 0.3) is 0 Å². The molecule has 0 fully saturated rings. The molecular weight excluding hydrogens is 409 g/mol. The smallest absolute Gasteiger partial charge is 0.410 e. The number of carbonyl (C=O) groups is 1. The number of ether oxygens (including phenoxy) is 3. The van der Waals surface area contributed by atoms with Crippen molar-refractivity contribution in [1.82, 2.24) is 4.90 Å². The largest absolute Gasteiger partial charge is 0.444 e. The molecule has 0 aliphatic carbocycles. The van der Waals surface area contributed by atoms with Crippen LogP contribution < -0.4 is 0 Å². The highest BCUT2D eigenvalue weighted by Gasteiger charge is 2.31. The standard InChI is InChI=1S/C17H34INO4/c1-9-19(14(20)23-16(5,6)7)13-17(8,12-18)22-11-10-21-15(2,3)4/h9-13H2,1-8H3. The molecule has 6 heteroatoms. The monoisotopic (exact) mass is 443 g/mol. The SMILES string of the molecule is CCN(CC(C)(CI)OCCOC(C)(C)C)C(=O)OC(C)(C)C. The molecule has 0 spiro atoms. The van der Waals surface area contributed by atoms with Crippen molar-refractivity contribution in [2.75, 3.05) is 30.7 Å². The topological polar surface area (TPSA) is 48.0 Å². The normalized spacial score (nSPS) is 15.2. The summed E-state index contributed by atoms with van der Waals surface area (Å²) in [5.74, 6) is 0. The Labute approximate surface area is 155 Å². The first kappa shape index (κ1) is 22.9. The van der Waals surface area contributed by atoms with E-state index >= 15 is 0 Å². The highest BCUT2D eigenvalue weighted by molar-refractivity contribution is 14.1. The van der Waals surface area contributed by atoms with Crippen molar-refractivity contribution in [2.24, 2.45) is 0 Å². The zero-order valence-electron chi connectivity index (χ0n) is 16.0. The van der Waals surface area contributed by atoms with E-state index in [9.17, 15) is 4.79 Å². The van der Waals surface area contributed by atoms with E-state index in [0.29, 0.717) is 26.3 Å². The van der Waals surface area contributed by atoms with Crippen LogP contribution in [-0.2, 0) is 14.2 Å². The fourth-order valence-electron chi connectivity index (χ4n) is 1.80. The van der Waals surface area contributed by atoms with E-state index in [1.165, 1.54) is 0 Å². The number of hydrogen-bond acceptors (Lipinski definition) is 4. The molecule has 0 saturated heterocycles. The summed E-state index contributed by atoms with van der Waals surface area (Å²) < 4.78 is 17.9. The first-order valence-corrected chi connectivity index (χ1v) is 9.66. The Bertz CT molecular complexity index is 363. The molecule has 0 aliphatic rings. The summed E-state index contributed by atoms with van der Waals surface area (Å²) in [5, 5.41) is 0. The lowest BCUT2D eigenvalue weighted by atomic mass is 10.1. The Hall–Kier alpha value is -0.0800. The lowest BCUT2D eigenvalue weighted by Crippen LogP contribution is -2.48. The number of likely N-dealkylation sites (N-methyl/N-ethyl adjacent to an activating group) is 1. The maximum atomic E-state index is 12.3. The van der Waals surface area contributed by atoms with E-state index < -0.39 is 11.2 Å². The second kappa shape index (κ2) is 9.42. The van der Waals surface area contributed by atoms with Crippen LogP contribution in [-0.4, -0.2) is 58.5 Å². The van der Waals surface area contributed by atoms with Gasteiger partial charge >= 0.3 is 6.09 Å². The van der Waals surface area contributed by atoms with Crippen LogP contribution in [0.15, 0.2) is 0 Å². The molecule has 5 nitrogen and oxygen atoms in total. The fraction of sp³-hybridized carbons (Fsp3) is 0.941. The minimum Gasteiger partial charge on any atom is -0.444 e. The van der Waals surface area contributed by atoms with Gasteiger partial charge in [-0.3, -0.25) is 0 Å². The van der Waals surface area contributed by atoms with Crippen molar-refractivity contribution >= 4 is 28.7 Å². The quantitative estimate of drug-likeness (QED) is 0.320. The van der Waals surface area contributed by atoms with Crippen LogP contribution in [0.25, 0.3) is 0 Å². The number of carbonyl (C=O) groups excluding carboxylic acids is 1. The molecule has 0 N–H and O–H groups in total. The van der Waals surface area contributed by atoms with Gasteiger partial charge in [-0.15, -0.1) is 0 Å². The van der Waals surface area contributed by atoms with Crippen LogP contribution in [0.1, 0.15) is 55.4 Å². The van der Waals surface area contributed by atoms with Crippen LogP contribution in [0.5, 0.6) is 0 Å². The molecule has 23 heavy (non-hydrogen) atoms. The van der Waals surface area contributed by atoms with Crippen molar-refractivity contribution in [3.63, 3.8) is 0 Å². The van der Waals surface area contributed by atoms with Gasteiger partial charge in [-0.1, -0.05) is 22.6 Å². The van der Waals surface area contributed by atoms with Crippen LogP contribution in [0.2, 0.25) is 0 Å². The predicted molar refractivity (Wildman–Crippen MR) is 102 cm³/mol. The van der Waals surface area contributed by atoms with E-state index in [1.807, 2.05) is 55.4 Å². The van der Waals surface area contributed by atoms with Crippen molar-refractivity contribution < 1.29 is 19.0 Å². The Kier molecular flexibility index (Phi) is 9.38. The third-order valence-corrected chi connectivity index (χ3v) is 4.52. The molecule has 0 aromatic rings. The van der Waals surface area contributed by atoms with Crippen molar-refractivity contribution in [1.29, 1.82) is 0 Å². The highest BCUT2D eigenvalue weighted by Crippen LogP contribution is 2.19. The van der Waals surface area contributed by atoms with Crippen LogP contribution in [0, 0.1) is 0 Å². The van der Waals surface area contributed by atoms with Gasteiger partial charge in [0.05, 0.1) is 31.0 Å². The lowest BCUT2D eigenvalue weighted by molar-refractivity contribution is -0.0847. The minimum absolute atomic E-state index is 0.171. The van der Waals surface area contributed by atoms with Gasteiger partial charge in [0.2, 0.25) is 0 Å². The lowest BCUT2D eigenvalue weighted by Gasteiger charge is -2.35. The Morgan fingerprint density at radius 2 is 1.48 bits per heavy atom. The Morgan fingerprint density at radius 3 is 1.87 bits per heavy atom. The Morgan fingerprint density at radius 1 is 0.957 bits per heavy atom. The van der Waals surface area contributed by atoms with E-state index in [-0.39, 0.29) is 11.7 Å². The summed E-state index contributed by atoms with van der Waals surface area (Å²) in [6.07, 6.45) is -0.300. The van der Waals surface area contributed by atoms with Gasteiger partial charge in [0, 0.05) is 11.0 Å². The molecule has 0 saturated carbocycles. The first-order valence-electron chi connectivity index (χ1n) is 8.14. The molecule has 0 rings (SSSR count).